The lowest BCUT2D eigenvalue weighted by Gasteiger charge is -2.11. The molecule has 0 bridgehead atoms. The van der Waals surface area contributed by atoms with Crippen molar-refractivity contribution in [3.63, 3.8) is 0 Å². The number of rotatable bonds is 12. The summed E-state index contributed by atoms with van der Waals surface area (Å²) in [6, 6.07) is 26.9. The number of nitro groups is 2. The lowest BCUT2D eigenvalue weighted by Crippen LogP contribution is -2.11. The van der Waals surface area contributed by atoms with E-state index in [0.717, 1.165) is 59.2 Å². The Labute approximate surface area is 564 Å². The Bertz CT molecular complexity index is 4550. The van der Waals surface area contributed by atoms with Crippen molar-refractivity contribution in [3.05, 3.63) is 226 Å². The normalized spacial score (nSPS) is 11.3. The molecule has 0 radical (unpaired) electrons. The number of aryl methyl sites for hydroxylation is 10. The number of nitrogen functional groups attached to an aromatic ring is 2. The van der Waals surface area contributed by atoms with Gasteiger partial charge in [-0.2, -0.15) is 29.9 Å². The van der Waals surface area contributed by atoms with Crippen LogP contribution in [0.2, 0.25) is 0 Å². The van der Waals surface area contributed by atoms with Gasteiger partial charge in [-0.05, 0) is 120 Å². The first-order valence-electron chi connectivity index (χ1n) is 30.8. The van der Waals surface area contributed by atoms with E-state index in [1.807, 2.05) is 62.2 Å². The van der Waals surface area contributed by atoms with Crippen molar-refractivity contribution < 1.29 is 47.6 Å². The van der Waals surface area contributed by atoms with Gasteiger partial charge in [-0.3, -0.25) is 48.4 Å². The van der Waals surface area contributed by atoms with Gasteiger partial charge >= 0.3 is 23.6 Å². The fraction of sp³-hybridized carbons (Fsp3) is 0.279. The van der Waals surface area contributed by atoms with E-state index in [-0.39, 0.29) is 29.5 Å². The lowest BCUT2D eigenvalue weighted by molar-refractivity contribution is -0.387. The Morgan fingerprint density at radius 1 is 0.531 bits per heavy atom. The van der Waals surface area contributed by atoms with Gasteiger partial charge in [0.25, 0.3) is 11.6 Å². The van der Waals surface area contributed by atoms with Crippen LogP contribution in [-0.4, -0.2) is 102 Å². The van der Waals surface area contributed by atoms with Crippen LogP contribution in [0.3, 0.4) is 0 Å². The quantitative estimate of drug-likeness (QED) is 0.0217. The molecule has 7 heterocycles. The molecular formula is C68H79FN18O11. The first-order valence-corrected chi connectivity index (χ1v) is 30.8. The number of nitrogens with two attached hydrogens (primary N) is 2. The minimum atomic E-state index is -0.791. The molecule has 1 amide bonds. The molecule has 29 nitrogen and oxygen atoms in total. The molecule has 5 aromatic carbocycles. The highest BCUT2D eigenvalue weighted by atomic mass is 19.1. The molecule has 514 valence electrons. The van der Waals surface area contributed by atoms with E-state index in [0.29, 0.717) is 58.6 Å². The summed E-state index contributed by atoms with van der Waals surface area (Å²) in [5.74, 6) is -1.01. The van der Waals surface area contributed by atoms with Gasteiger partial charge in [-0.25, -0.2) is 14.4 Å². The summed E-state index contributed by atoms with van der Waals surface area (Å²) in [5, 5.41) is 54.1. The number of anilines is 8. The van der Waals surface area contributed by atoms with Crippen molar-refractivity contribution in [2.75, 3.05) is 52.6 Å². The third-order valence-corrected chi connectivity index (χ3v) is 15.1. The largest absolute Gasteiger partial charge is 0.462 e. The molecule has 8 N–H and O–H groups in total. The number of carbonyl (C=O) groups excluding carboxylic acids is 4. The average Bonchev–Trinajstić information content (AvgIpc) is 1.69. The van der Waals surface area contributed by atoms with Gasteiger partial charge in [-0.1, -0.05) is 53.6 Å². The van der Waals surface area contributed by atoms with Crippen LogP contribution in [0.5, 0.6) is 0 Å². The minimum absolute atomic E-state index is 0.0731. The maximum absolute atomic E-state index is 12.6. The lowest BCUT2D eigenvalue weighted by atomic mass is 10.0. The number of halogens is 1. The zero-order chi connectivity index (χ0) is 71.7. The first kappa shape index (κ1) is 73.2. The summed E-state index contributed by atoms with van der Waals surface area (Å²) in [4.78, 5) is 67.0. The van der Waals surface area contributed by atoms with E-state index in [1.165, 1.54) is 79.8 Å². The molecule has 0 fully saturated rings. The van der Waals surface area contributed by atoms with Gasteiger partial charge in [-0.15, -0.1) is 0 Å². The van der Waals surface area contributed by atoms with Crippen LogP contribution in [-0.2, 0) is 68.8 Å². The molecule has 30 heteroatoms. The second kappa shape index (κ2) is 33.2. The first-order chi connectivity index (χ1) is 46.6. The summed E-state index contributed by atoms with van der Waals surface area (Å²) in [5.41, 5.74) is 27.4. The highest BCUT2D eigenvalue weighted by Crippen LogP contribution is 2.32. The summed E-state index contributed by atoms with van der Waals surface area (Å²) in [6.45, 7) is 16.6. The number of esters is 3. The number of hydrogen-bond donors (Lipinski definition) is 6. The Balaban J connectivity index is 0.000000168. The van der Waals surface area contributed by atoms with Gasteiger partial charge in [0.1, 0.15) is 39.8 Å². The number of nitrogens with one attached hydrogen (secondary N) is 4. The number of nitro benzene ring substituents is 2. The topological polar surface area (TPSA) is 372 Å². The standard InChI is InChI=1S/C14H16N4O4.C14H18N4O2.C13H13N3O.C13H15N3.C7H6FNO2.C7H11N3O2/c1-4-22-14(19)10-8-15-17(3)13(10)16-11-6-5-9(2)7-12(11)18(20)21;1-4-20-14(19)10-8-16-18(3)13(10)17-12-6-5-9(2)7-11(12)15;1-8-3-4-11-9(5-8)6-12-10(13(17)15-11)7-14-16(12)2;1-9-3-4-12-10(5-9)6-13-11(7-14-12)8-15-16(13)2;1-5-2-3-6(8)7(4-5)9(10)11;1-3-12-7(11)5-4-9-10(2)6(5)8/h5-8,16H,4H2,1-3H3;5-8,17H,4,15H2,1-3H3;3-5,7H,6H2,1-2H3,(H,15,17);3-5,8,14H,6-7H2,1-2H3;2-4H,1H3;4H,3,8H2,1-2H3. The van der Waals surface area contributed by atoms with E-state index in [9.17, 15) is 43.8 Å². The number of benzene rings is 5. The zero-order valence-electron chi connectivity index (χ0n) is 56.7. The van der Waals surface area contributed by atoms with Gasteiger partial charge in [0.15, 0.2) is 0 Å². The molecule has 2 aliphatic rings. The van der Waals surface area contributed by atoms with Crippen molar-refractivity contribution in [2.45, 2.75) is 74.8 Å². The Morgan fingerprint density at radius 2 is 0.959 bits per heavy atom. The summed E-state index contributed by atoms with van der Waals surface area (Å²) >= 11 is 0. The minimum Gasteiger partial charge on any atom is -0.462 e. The second-order valence-corrected chi connectivity index (χ2v) is 22.5. The third kappa shape index (κ3) is 18.6. The number of aromatic nitrogens is 10. The van der Waals surface area contributed by atoms with Crippen LogP contribution in [0.1, 0.15) is 118 Å². The molecule has 98 heavy (non-hydrogen) atoms. The van der Waals surface area contributed by atoms with Gasteiger partial charge in [0.05, 0.1) is 83.3 Å². The van der Waals surface area contributed by atoms with Crippen molar-refractivity contribution in [1.82, 2.24) is 48.9 Å². The van der Waals surface area contributed by atoms with Gasteiger partial charge in [0, 0.05) is 89.4 Å². The Kier molecular flexibility index (Phi) is 24.8. The summed E-state index contributed by atoms with van der Waals surface area (Å²) in [6.07, 6.45) is 9.53. The van der Waals surface area contributed by atoms with Gasteiger partial charge in [0.2, 0.25) is 5.82 Å². The molecule has 0 saturated carbocycles. The smallest absolute Gasteiger partial charge is 0.343 e. The van der Waals surface area contributed by atoms with E-state index in [2.05, 4.69) is 84.9 Å². The van der Waals surface area contributed by atoms with Crippen LogP contribution in [0, 0.1) is 60.7 Å². The zero-order valence-corrected chi connectivity index (χ0v) is 56.7. The summed E-state index contributed by atoms with van der Waals surface area (Å²) < 4.78 is 35.5. The fourth-order valence-corrected chi connectivity index (χ4v) is 9.93. The number of carbonyl (C=O) groups is 4. The maximum Gasteiger partial charge on any atom is 0.343 e. The van der Waals surface area contributed by atoms with E-state index < -0.39 is 39.3 Å². The molecule has 0 spiro atoms. The van der Waals surface area contributed by atoms with E-state index in [4.69, 9.17) is 25.7 Å². The highest BCUT2D eigenvalue weighted by Gasteiger charge is 2.25. The number of nitrogens with zero attached hydrogens (tertiary/aromatic N) is 12. The number of hydrogen-bond acceptors (Lipinski definition) is 21. The van der Waals surface area contributed by atoms with Crippen LogP contribution in [0.4, 0.5) is 61.7 Å². The average molecular weight is 1340 g/mol. The molecule has 0 atom stereocenters. The molecule has 0 saturated heterocycles. The van der Waals surface area contributed by atoms with Gasteiger partial charge < -0.3 is 46.9 Å². The monoisotopic (exact) mass is 1340 g/mol. The van der Waals surface area contributed by atoms with Crippen molar-refractivity contribution >= 4 is 81.1 Å². The third-order valence-electron chi connectivity index (χ3n) is 15.1. The molecular weight excluding hydrogens is 1260 g/mol. The molecule has 10 aromatic rings. The second-order valence-electron chi connectivity index (χ2n) is 22.5. The van der Waals surface area contributed by atoms with Crippen molar-refractivity contribution in [2.24, 2.45) is 35.2 Å². The number of fused-ring (bicyclic) bond motifs is 4. The number of amides is 1. The van der Waals surface area contributed by atoms with Crippen LogP contribution < -0.4 is 32.7 Å². The van der Waals surface area contributed by atoms with E-state index >= 15 is 0 Å². The predicted octanol–water partition coefficient (Wildman–Crippen LogP) is 11.1. The SMILES string of the molecule is CCOC(=O)c1cnn(C)c1N.CCOC(=O)c1cnn(C)c1Nc1ccc(C)cc1N.CCOC(=O)c1cnn(C)c1Nc1ccc(C)cc1[N+](=O)[O-].Cc1ccc(F)c([N+](=O)[O-])c1.Cc1ccc2c(c1)Cc1c(cnn1C)C(=O)N2.Cc1ccc2c(c1)Cc1c(cnn1C)CN2. The maximum atomic E-state index is 12.6. The highest BCUT2D eigenvalue weighted by molar-refractivity contribution is 6.06. The molecule has 5 aromatic heterocycles. The van der Waals surface area contributed by atoms with Crippen LogP contribution in [0.25, 0.3) is 0 Å². The van der Waals surface area contributed by atoms with Crippen LogP contribution in [0.15, 0.2) is 122 Å². The van der Waals surface area contributed by atoms with E-state index in [1.54, 1.807) is 83.5 Å². The molecule has 12 rings (SSSR count). The number of ether oxygens (including phenoxy) is 3. The van der Waals surface area contributed by atoms with Crippen LogP contribution >= 0.6 is 0 Å². The van der Waals surface area contributed by atoms with Crippen molar-refractivity contribution in [3.8, 4) is 0 Å². The Morgan fingerprint density at radius 3 is 1.49 bits per heavy atom. The fourth-order valence-electron chi connectivity index (χ4n) is 9.93. The molecule has 0 unspecified atom stereocenters. The molecule has 2 aliphatic heterocycles. The summed E-state index contributed by atoms with van der Waals surface area (Å²) in [7, 11) is 8.92. The molecule has 0 aliphatic carbocycles. The Hall–Kier alpha value is -12.2. The van der Waals surface area contributed by atoms with Crippen molar-refractivity contribution in [1.29, 1.82) is 0 Å². The predicted molar refractivity (Wildman–Crippen MR) is 369 cm³/mol.